The van der Waals surface area contributed by atoms with Gasteiger partial charge < -0.3 is 10.4 Å². The Morgan fingerprint density at radius 1 is 1.48 bits per heavy atom. The number of benzene rings is 1. The summed E-state index contributed by atoms with van der Waals surface area (Å²) in [6, 6.07) is 5.84. The molecule has 1 aliphatic rings. The number of aryl methyl sites for hydroxylation is 1. The lowest BCUT2D eigenvalue weighted by molar-refractivity contribution is -0.147. The summed E-state index contributed by atoms with van der Waals surface area (Å²) < 4.78 is 1.12. The van der Waals surface area contributed by atoms with Crippen molar-refractivity contribution >= 4 is 40.2 Å². The van der Waals surface area contributed by atoms with E-state index in [1.807, 2.05) is 30.0 Å². The van der Waals surface area contributed by atoms with E-state index in [-0.39, 0.29) is 12.5 Å². The summed E-state index contributed by atoms with van der Waals surface area (Å²) >= 11 is 2.23. The first-order valence-electron chi connectivity index (χ1n) is 6.82. The van der Waals surface area contributed by atoms with Crippen molar-refractivity contribution in [1.82, 2.24) is 4.90 Å². The highest BCUT2D eigenvalue weighted by Gasteiger charge is 2.40. The maximum absolute atomic E-state index is 12.1. The highest BCUT2D eigenvalue weighted by molar-refractivity contribution is 14.1. The first kappa shape index (κ1) is 16.2. The van der Waals surface area contributed by atoms with Gasteiger partial charge in [-0.2, -0.15) is 0 Å². The van der Waals surface area contributed by atoms with E-state index < -0.39 is 11.4 Å². The molecule has 1 fully saturated rings. The van der Waals surface area contributed by atoms with Gasteiger partial charge in [0.25, 0.3) is 0 Å². The normalized spacial score (nSPS) is 22.2. The third kappa shape index (κ3) is 3.94. The van der Waals surface area contributed by atoms with Crippen molar-refractivity contribution < 1.29 is 14.7 Å². The third-order valence-electron chi connectivity index (χ3n) is 3.90. The second kappa shape index (κ2) is 6.31. The number of carbonyl (C=O) groups is 2. The van der Waals surface area contributed by atoms with Gasteiger partial charge in [-0.05, 0) is 73.2 Å². The number of hydrogen-bond acceptors (Lipinski definition) is 3. The van der Waals surface area contributed by atoms with Gasteiger partial charge in [0, 0.05) is 15.8 Å². The number of rotatable bonds is 4. The lowest BCUT2D eigenvalue weighted by Gasteiger charge is -2.19. The van der Waals surface area contributed by atoms with Gasteiger partial charge in [-0.25, -0.2) is 0 Å². The van der Waals surface area contributed by atoms with Gasteiger partial charge in [-0.3, -0.25) is 14.5 Å². The Morgan fingerprint density at radius 2 is 2.19 bits per heavy atom. The van der Waals surface area contributed by atoms with Crippen LogP contribution in [0.3, 0.4) is 0 Å². The van der Waals surface area contributed by atoms with Crippen LogP contribution in [0, 0.1) is 15.9 Å². The molecule has 2 rings (SSSR count). The summed E-state index contributed by atoms with van der Waals surface area (Å²) in [7, 11) is 0. The molecule has 1 amide bonds. The van der Waals surface area contributed by atoms with Crippen LogP contribution in [0.4, 0.5) is 5.69 Å². The summed E-state index contributed by atoms with van der Waals surface area (Å²) in [6.45, 7) is 4.98. The summed E-state index contributed by atoms with van der Waals surface area (Å²) in [5.74, 6) is -0.896. The minimum absolute atomic E-state index is 0.103. The van der Waals surface area contributed by atoms with E-state index in [4.69, 9.17) is 0 Å². The lowest BCUT2D eigenvalue weighted by atomic mass is 9.90. The number of halogens is 1. The van der Waals surface area contributed by atoms with Crippen LogP contribution in [0.25, 0.3) is 0 Å². The molecule has 1 heterocycles. The predicted octanol–water partition coefficient (Wildman–Crippen LogP) is 2.33. The molecule has 1 aromatic carbocycles. The van der Waals surface area contributed by atoms with Crippen LogP contribution in [0.1, 0.15) is 18.9 Å². The van der Waals surface area contributed by atoms with Crippen molar-refractivity contribution in [1.29, 1.82) is 0 Å². The topological polar surface area (TPSA) is 69.6 Å². The number of amides is 1. The van der Waals surface area contributed by atoms with Gasteiger partial charge in [-0.15, -0.1) is 0 Å². The predicted molar refractivity (Wildman–Crippen MR) is 89.3 cm³/mol. The van der Waals surface area contributed by atoms with E-state index in [0.29, 0.717) is 19.5 Å². The van der Waals surface area contributed by atoms with Gasteiger partial charge in [0.05, 0.1) is 12.0 Å². The average molecular weight is 402 g/mol. The zero-order valence-electron chi connectivity index (χ0n) is 12.1. The molecule has 1 unspecified atom stereocenters. The fourth-order valence-electron chi connectivity index (χ4n) is 2.53. The van der Waals surface area contributed by atoms with Gasteiger partial charge in [0.1, 0.15) is 0 Å². The number of nitrogens with one attached hydrogen (secondary N) is 1. The van der Waals surface area contributed by atoms with Crippen LogP contribution < -0.4 is 5.32 Å². The zero-order valence-corrected chi connectivity index (χ0v) is 14.3. The van der Waals surface area contributed by atoms with Gasteiger partial charge in [0.2, 0.25) is 5.91 Å². The Morgan fingerprint density at radius 3 is 2.76 bits per heavy atom. The Labute approximate surface area is 137 Å². The van der Waals surface area contributed by atoms with Crippen molar-refractivity contribution in [2.75, 3.05) is 25.0 Å². The fourth-order valence-corrected chi connectivity index (χ4v) is 3.17. The number of carbonyl (C=O) groups excluding carboxylic acids is 1. The second-order valence-electron chi connectivity index (χ2n) is 5.83. The van der Waals surface area contributed by atoms with E-state index in [9.17, 15) is 14.7 Å². The first-order chi connectivity index (χ1) is 9.80. The van der Waals surface area contributed by atoms with Crippen molar-refractivity contribution in [2.45, 2.75) is 20.3 Å². The Bertz CT molecular complexity index is 576. The van der Waals surface area contributed by atoms with Crippen molar-refractivity contribution in [3.63, 3.8) is 0 Å². The van der Waals surface area contributed by atoms with E-state index in [1.54, 1.807) is 6.92 Å². The molecule has 1 aliphatic heterocycles. The average Bonchev–Trinajstić information content (AvgIpc) is 2.76. The molecule has 5 nitrogen and oxygen atoms in total. The van der Waals surface area contributed by atoms with Gasteiger partial charge >= 0.3 is 5.97 Å². The lowest BCUT2D eigenvalue weighted by Crippen LogP contribution is -2.35. The highest BCUT2D eigenvalue weighted by atomic mass is 127. The monoisotopic (exact) mass is 402 g/mol. The SMILES string of the molecule is Cc1cc(I)ccc1NC(=O)CN1CCC(C)(C(=O)O)C1. The molecule has 0 aromatic heterocycles. The van der Waals surface area contributed by atoms with Crippen LogP contribution >= 0.6 is 22.6 Å². The van der Waals surface area contributed by atoms with E-state index in [1.165, 1.54) is 0 Å². The molecule has 0 spiro atoms. The van der Waals surface area contributed by atoms with Crippen molar-refractivity contribution in [2.24, 2.45) is 5.41 Å². The van der Waals surface area contributed by atoms with Gasteiger partial charge in [-0.1, -0.05) is 0 Å². The van der Waals surface area contributed by atoms with Crippen molar-refractivity contribution in [3.8, 4) is 0 Å². The number of anilines is 1. The van der Waals surface area contributed by atoms with Crippen LogP contribution in [0.2, 0.25) is 0 Å². The van der Waals surface area contributed by atoms with E-state index in [2.05, 4.69) is 27.9 Å². The second-order valence-corrected chi connectivity index (χ2v) is 7.08. The molecule has 1 aromatic rings. The van der Waals surface area contributed by atoms with Crippen molar-refractivity contribution in [3.05, 3.63) is 27.3 Å². The molecule has 6 heteroatoms. The highest BCUT2D eigenvalue weighted by Crippen LogP contribution is 2.29. The van der Waals surface area contributed by atoms with Crippen LogP contribution in [0.15, 0.2) is 18.2 Å². The molecule has 0 radical (unpaired) electrons. The van der Waals surface area contributed by atoms with Gasteiger partial charge in [0.15, 0.2) is 0 Å². The molecule has 1 saturated heterocycles. The maximum atomic E-state index is 12.1. The molecule has 1 atom stereocenters. The number of aliphatic carboxylic acids is 1. The first-order valence-corrected chi connectivity index (χ1v) is 7.90. The van der Waals surface area contributed by atoms with Crippen LogP contribution in [0.5, 0.6) is 0 Å². The number of likely N-dealkylation sites (tertiary alicyclic amines) is 1. The molecule has 2 N–H and O–H groups in total. The summed E-state index contributed by atoms with van der Waals surface area (Å²) in [5.41, 5.74) is 1.09. The molecule has 0 aliphatic carbocycles. The summed E-state index contributed by atoms with van der Waals surface area (Å²) in [4.78, 5) is 25.2. The smallest absolute Gasteiger partial charge is 0.310 e. The molecule has 21 heavy (non-hydrogen) atoms. The van der Waals surface area contributed by atoms with Crippen LogP contribution in [-0.2, 0) is 9.59 Å². The quantitative estimate of drug-likeness (QED) is 0.759. The maximum Gasteiger partial charge on any atom is 0.310 e. The molecular weight excluding hydrogens is 383 g/mol. The fraction of sp³-hybridized carbons (Fsp3) is 0.467. The molecular formula is C15H19IN2O3. The van der Waals surface area contributed by atoms with E-state index in [0.717, 1.165) is 14.8 Å². The number of carboxylic acid groups (broad SMARTS) is 1. The Kier molecular flexibility index (Phi) is 4.88. The minimum atomic E-state index is -0.793. The standard InChI is InChI=1S/C15H19IN2O3/c1-10-7-11(16)3-4-12(10)17-13(19)8-18-6-5-15(2,9-18)14(20)21/h3-4,7H,5-6,8-9H2,1-2H3,(H,17,19)(H,20,21). The molecule has 0 bridgehead atoms. The zero-order chi connectivity index (χ0) is 15.6. The Balaban J connectivity index is 1.93. The number of hydrogen-bond donors (Lipinski definition) is 2. The van der Waals surface area contributed by atoms with Crippen LogP contribution in [-0.4, -0.2) is 41.5 Å². The summed E-state index contributed by atoms with van der Waals surface area (Å²) in [5, 5.41) is 12.1. The minimum Gasteiger partial charge on any atom is -0.481 e. The number of carboxylic acids is 1. The van der Waals surface area contributed by atoms with E-state index >= 15 is 0 Å². The third-order valence-corrected chi connectivity index (χ3v) is 4.57. The summed E-state index contributed by atoms with van der Waals surface area (Å²) in [6.07, 6.45) is 0.582. The molecule has 114 valence electrons. The molecule has 0 saturated carbocycles. The number of nitrogens with zero attached hydrogens (tertiary/aromatic N) is 1. The largest absolute Gasteiger partial charge is 0.481 e. The Hall–Kier alpha value is -1.15.